The van der Waals surface area contributed by atoms with Crippen LogP contribution in [0.2, 0.25) is 0 Å². The number of ether oxygens (including phenoxy) is 1. The van der Waals surface area contributed by atoms with Crippen LogP contribution in [0, 0.1) is 0 Å². The first-order valence-electron chi connectivity index (χ1n) is 7.81. The average molecular weight is 354 g/mol. The lowest BCUT2D eigenvalue weighted by atomic mass is 10.1. The molecule has 0 spiro atoms. The van der Waals surface area contributed by atoms with Gasteiger partial charge >= 0.3 is 0 Å². The maximum absolute atomic E-state index is 11.5. The van der Waals surface area contributed by atoms with E-state index in [9.17, 15) is 8.42 Å². The highest BCUT2D eigenvalue weighted by Crippen LogP contribution is 2.24. The van der Waals surface area contributed by atoms with Gasteiger partial charge in [0.1, 0.15) is 0 Å². The molecule has 0 aliphatic carbocycles. The van der Waals surface area contributed by atoms with Crippen LogP contribution >= 0.6 is 11.8 Å². The van der Waals surface area contributed by atoms with Crippen LogP contribution < -0.4 is 5.32 Å². The molecule has 3 atom stereocenters. The zero-order valence-electron chi connectivity index (χ0n) is 13.1. The Bertz CT molecular complexity index is 652. The Labute approximate surface area is 141 Å². The summed E-state index contributed by atoms with van der Waals surface area (Å²) < 4.78 is 28.7. The van der Waals surface area contributed by atoms with Crippen molar-refractivity contribution < 1.29 is 13.2 Å². The van der Waals surface area contributed by atoms with Crippen LogP contribution in [0.5, 0.6) is 0 Å². The van der Waals surface area contributed by atoms with Crippen molar-refractivity contribution in [3.05, 3.63) is 29.8 Å². The second-order valence-electron chi connectivity index (χ2n) is 5.96. The number of hydrogen-bond acceptors (Lipinski definition) is 6. The topological polar surface area (TPSA) is 67.8 Å². The van der Waals surface area contributed by atoms with Crippen LogP contribution in [0.3, 0.4) is 0 Å². The summed E-state index contributed by atoms with van der Waals surface area (Å²) in [4.78, 5) is 4.81. The number of rotatable bonds is 5. The quantitative estimate of drug-likeness (QED) is 0.876. The van der Waals surface area contributed by atoms with Crippen molar-refractivity contribution in [1.82, 2.24) is 5.32 Å². The molecule has 5 nitrogen and oxygen atoms in total. The number of benzene rings is 1. The molecule has 7 heteroatoms. The predicted molar refractivity (Wildman–Crippen MR) is 94.0 cm³/mol. The van der Waals surface area contributed by atoms with Crippen LogP contribution in [-0.2, 0) is 14.6 Å². The first-order chi connectivity index (χ1) is 11.0. The lowest BCUT2D eigenvalue weighted by Gasteiger charge is -2.27. The Balaban J connectivity index is 1.59. The fourth-order valence-electron chi connectivity index (χ4n) is 2.76. The number of nitrogens with one attached hydrogen (secondary N) is 1. The Morgan fingerprint density at radius 3 is 2.78 bits per heavy atom. The SMILES string of the molecule is CS(=O)(=O)c1ccc(C2C=NCC(SC[C@@H]3CCCO3)N2)cc1. The number of sulfone groups is 1. The Hall–Kier alpha value is -0.890. The molecule has 1 aromatic rings. The molecule has 126 valence electrons. The smallest absolute Gasteiger partial charge is 0.175 e. The molecule has 1 N–H and O–H groups in total. The monoisotopic (exact) mass is 354 g/mol. The van der Waals surface area contributed by atoms with Crippen molar-refractivity contribution in [3.8, 4) is 0 Å². The van der Waals surface area contributed by atoms with E-state index in [1.54, 1.807) is 12.1 Å². The Morgan fingerprint density at radius 1 is 1.35 bits per heavy atom. The van der Waals surface area contributed by atoms with Crippen molar-refractivity contribution in [3.63, 3.8) is 0 Å². The van der Waals surface area contributed by atoms with Gasteiger partial charge in [0.2, 0.25) is 0 Å². The number of hydrogen-bond donors (Lipinski definition) is 1. The van der Waals surface area contributed by atoms with E-state index in [1.807, 2.05) is 30.1 Å². The lowest BCUT2D eigenvalue weighted by Crippen LogP contribution is -2.38. The molecule has 2 unspecified atom stereocenters. The molecule has 1 fully saturated rings. The van der Waals surface area contributed by atoms with Gasteiger partial charge in [-0.2, -0.15) is 0 Å². The van der Waals surface area contributed by atoms with E-state index in [0.29, 0.717) is 11.0 Å². The second kappa shape index (κ2) is 7.34. The number of thioether (sulfide) groups is 1. The minimum atomic E-state index is -3.15. The van der Waals surface area contributed by atoms with E-state index in [0.717, 1.165) is 37.3 Å². The molecule has 0 aromatic heterocycles. The van der Waals surface area contributed by atoms with Crippen molar-refractivity contribution in [2.75, 3.05) is 25.2 Å². The van der Waals surface area contributed by atoms with E-state index >= 15 is 0 Å². The van der Waals surface area contributed by atoms with E-state index in [2.05, 4.69) is 10.3 Å². The summed E-state index contributed by atoms with van der Waals surface area (Å²) in [6.45, 7) is 1.64. The van der Waals surface area contributed by atoms with Crippen LogP contribution in [0.1, 0.15) is 24.4 Å². The fourth-order valence-corrected chi connectivity index (χ4v) is 4.54. The second-order valence-corrected chi connectivity index (χ2v) is 9.21. The summed E-state index contributed by atoms with van der Waals surface area (Å²) in [5, 5.41) is 3.83. The van der Waals surface area contributed by atoms with E-state index in [4.69, 9.17) is 4.74 Å². The van der Waals surface area contributed by atoms with Gasteiger partial charge in [0, 0.05) is 24.8 Å². The molecular weight excluding hydrogens is 332 g/mol. The van der Waals surface area contributed by atoms with Crippen LogP contribution in [0.15, 0.2) is 34.2 Å². The highest BCUT2D eigenvalue weighted by molar-refractivity contribution is 7.99. The maximum atomic E-state index is 11.5. The minimum Gasteiger partial charge on any atom is -0.377 e. The third kappa shape index (κ3) is 4.56. The Morgan fingerprint density at radius 2 is 2.13 bits per heavy atom. The summed E-state index contributed by atoms with van der Waals surface area (Å²) in [6.07, 6.45) is 5.81. The van der Waals surface area contributed by atoms with E-state index < -0.39 is 9.84 Å². The molecule has 0 amide bonds. The number of nitrogens with zero attached hydrogens (tertiary/aromatic N) is 1. The first-order valence-corrected chi connectivity index (χ1v) is 10.8. The van der Waals surface area contributed by atoms with Crippen molar-refractivity contribution in [1.29, 1.82) is 0 Å². The molecule has 0 saturated carbocycles. The van der Waals surface area contributed by atoms with E-state index in [-0.39, 0.29) is 11.4 Å². The molecule has 23 heavy (non-hydrogen) atoms. The minimum absolute atomic E-state index is 0.0272. The normalized spacial score (nSPS) is 28.1. The highest BCUT2D eigenvalue weighted by atomic mass is 32.2. The van der Waals surface area contributed by atoms with Crippen LogP contribution in [0.25, 0.3) is 0 Å². The molecule has 2 aliphatic rings. The highest BCUT2D eigenvalue weighted by Gasteiger charge is 2.22. The van der Waals surface area contributed by atoms with Gasteiger partial charge < -0.3 is 4.74 Å². The molecule has 2 aliphatic heterocycles. The van der Waals surface area contributed by atoms with Gasteiger partial charge in [-0.3, -0.25) is 10.3 Å². The largest absolute Gasteiger partial charge is 0.377 e. The first kappa shape index (κ1) is 17.0. The molecule has 3 rings (SSSR count). The summed E-state index contributed by atoms with van der Waals surface area (Å²) in [7, 11) is -3.15. The van der Waals surface area contributed by atoms with Gasteiger partial charge in [-0.25, -0.2) is 8.42 Å². The molecule has 1 saturated heterocycles. The molecular formula is C16H22N2O3S2. The summed E-state index contributed by atoms with van der Waals surface area (Å²) in [6, 6.07) is 7.05. The van der Waals surface area contributed by atoms with Gasteiger partial charge in [-0.05, 0) is 30.5 Å². The van der Waals surface area contributed by atoms with Gasteiger partial charge in [-0.15, -0.1) is 11.8 Å². The van der Waals surface area contributed by atoms with Gasteiger partial charge in [0.15, 0.2) is 9.84 Å². The predicted octanol–water partition coefficient (Wildman–Crippen LogP) is 2.04. The van der Waals surface area contributed by atoms with Crippen LogP contribution in [-0.4, -0.2) is 51.3 Å². The fraction of sp³-hybridized carbons (Fsp3) is 0.562. The third-order valence-electron chi connectivity index (χ3n) is 4.07. The van der Waals surface area contributed by atoms with Crippen molar-refractivity contribution >= 4 is 27.8 Å². The standard InChI is InChI=1S/C16H22N2O3S2/c1-23(19,20)14-6-4-12(5-7-14)15-9-17-10-16(18-15)22-11-13-3-2-8-21-13/h4-7,9,13,15-16,18H,2-3,8,10-11H2,1H3/t13-,15?,16?/m0/s1. The van der Waals surface area contributed by atoms with Gasteiger partial charge in [0.25, 0.3) is 0 Å². The van der Waals surface area contributed by atoms with Gasteiger partial charge in [0.05, 0.1) is 29.0 Å². The van der Waals surface area contributed by atoms with Crippen LogP contribution in [0.4, 0.5) is 0 Å². The summed E-state index contributed by atoms with van der Waals surface area (Å²) >= 11 is 1.85. The molecule has 2 heterocycles. The third-order valence-corrected chi connectivity index (χ3v) is 6.45. The number of aliphatic imine (C=N–C) groups is 1. The summed E-state index contributed by atoms with van der Waals surface area (Å²) in [5.74, 6) is 0.993. The van der Waals surface area contributed by atoms with Gasteiger partial charge in [-0.1, -0.05) is 12.1 Å². The van der Waals surface area contributed by atoms with Crippen molar-refractivity contribution in [2.45, 2.75) is 35.3 Å². The molecule has 0 radical (unpaired) electrons. The zero-order chi connectivity index (χ0) is 16.3. The summed E-state index contributed by atoms with van der Waals surface area (Å²) in [5.41, 5.74) is 1.03. The molecule has 1 aromatic carbocycles. The van der Waals surface area contributed by atoms with E-state index in [1.165, 1.54) is 6.26 Å². The zero-order valence-corrected chi connectivity index (χ0v) is 14.8. The molecule has 0 bridgehead atoms. The maximum Gasteiger partial charge on any atom is 0.175 e. The Kier molecular flexibility index (Phi) is 5.41. The van der Waals surface area contributed by atoms with Crippen molar-refractivity contribution in [2.24, 2.45) is 4.99 Å². The lowest BCUT2D eigenvalue weighted by molar-refractivity contribution is 0.128. The average Bonchev–Trinajstić information content (AvgIpc) is 3.06.